The third-order valence-electron chi connectivity index (χ3n) is 6.98. The number of nitrogens with two attached hydrogens (primary N) is 5. The van der Waals surface area contributed by atoms with Crippen LogP contribution in [-0.4, -0.2) is 113 Å². The molecule has 21 heteroatoms. The van der Waals surface area contributed by atoms with Crippen LogP contribution in [0.15, 0.2) is 40.3 Å². The molecule has 51 heavy (non-hydrogen) atoms. The molecule has 282 valence electrons. The first-order valence-electron chi connectivity index (χ1n) is 15.8. The highest BCUT2D eigenvalue weighted by molar-refractivity contribution is 5.96. The lowest BCUT2D eigenvalue weighted by molar-refractivity contribution is -0.141. The summed E-state index contributed by atoms with van der Waals surface area (Å²) in [5, 5.41) is 29.8. The molecular formula is C30H48N12O9. The minimum atomic E-state index is -1.66. The summed E-state index contributed by atoms with van der Waals surface area (Å²) in [4.78, 5) is 95.2. The average molecular weight is 721 g/mol. The number of rotatable bonds is 23. The fourth-order valence-electron chi connectivity index (χ4n) is 4.38. The fourth-order valence-corrected chi connectivity index (χ4v) is 4.38. The zero-order chi connectivity index (χ0) is 38.5. The van der Waals surface area contributed by atoms with Crippen molar-refractivity contribution in [3.63, 3.8) is 0 Å². The van der Waals surface area contributed by atoms with Gasteiger partial charge < -0.3 is 65.5 Å². The molecule has 0 aliphatic carbocycles. The molecule has 0 spiro atoms. The molecule has 0 saturated carbocycles. The van der Waals surface area contributed by atoms with Crippen molar-refractivity contribution in [1.82, 2.24) is 26.6 Å². The summed E-state index contributed by atoms with van der Waals surface area (Å²) < 4.78 is 0. The van der Waals surface area contributed by atoms with E-state index in [-0.39, 0.29) is 50.7 Å². The summed E-state index contributed by atoms with van der Waals surface area (Å²) in [6.45, 7) is 0.795. The van der Waals surface area contributed by atoms with Gasteiger partial charge in [-0.25, -0.2) is 0 Å². The Kier molecular flexibility index (Phi) is 19.1. The highest BCUT2D eigenvalue weighted by Gasteiger charge is 2.31. The molecule has 17 N–H and O–H groups in total. The van der Waals surface area contributed by atoms with Crippen LogP contribution in [0.3, 0.4) is 0 Å². The summed E-state index contributed by atoms with van der Waals surface area (Å²) in [6.07, 6.45) is -0.0596. The predicted octanol–water partition coefficient (Wildman–Crippen LogP) is -4.70. The van der Waals surface area contributed by atoms with Crippen molar-refractivity contribution in [3.05, 3.63) is 35.9 Å². The second-order valence-corrected chi connectivity index (χ2v) is 11.3. The molecular weight excluding hydrogens is 672 g/mol. The first-order chi connectivity index (χ1) is 24.0. The lowest BCUT2D eigenvalue weighted by Crippen LogP contribution is -2.59. The summed E-state index contributed by atoms with van der Waals surface area (Å²) in [5.41, 5.74) is 28.0. The standard InChI is InChI=1S/C30H48N12O9/c1-16(24(47)41-21(14-22(43)44)26(49)38-15-23(45)46)39-28(51)20(13-17-7-3-2-4-8-17)42-27(50)19(10-6-12-37-30(34)35)40-25(48)18(31)9-5-11-36-29(32)33/h2-4,7-8,16,18-21H,5-6,9-15,31H2,1H3,(H,38,49)(H,39,51)(H,40,48)(H,41,47)(H,42,50)(H,43,44)(H,45,46)(H4,32,33,36)(H4,34,35,37)/t16-,18-,19-,20-,21-/m0/s1. The summed E-state index contributed by atoms with van der Waals surface area (Å²) in [7, 11) is 0. The normalized spacial score (nSPS) is 13.5. The second kappa shape index (κ2) is 22.6. The Hall–Kier alpha value is -5.99. The van der Waals surface area contributed by atoms with E-state index in [9.17, 15) is 38.7 Å². The summed E-state index contributed by atoms with van der Waals surface area (Å²) in [5.74, 6) is -7.42. The molecule has 1 aromatic rings. The molecule has 0 bridgehead atoms. The lowest BCUT2D eigenvalue weighted by atomic mass is 10.0. The molecule has 5 atom stereocenters. The first-order valence-corrected chi connectivity index (χ1v) is 15.8. The van der Waals surface area contributed by atoms with Gasteiger partial charge in [0.25, 0.3) is 0 Å². The SMILES string of the molecule is C[C@H](NC(=O)[C@H](Cc1ccccc1)NC(=O)[C@H](CCCN=C(N)N)NC(=O)[C@@H](N)CCCN=C(N)N)C(=O)N[C@@H](CC(=O)O)C(=O)NCC(=O)O. The van der Waals surface area contributed by atoms with Crippen molar-refractivity contribution in [2.45, 2.75) is 75.7 Å². The van der Waals surface area contributed by atoms with Crippen LogP contribution in [-0.2, 0) is 40.0 Å². The molecule has 0 saturated heterocycles. The van der Waals surface area contributed by atoms with Crippen molar-refractivity contribution >= 4 is 53.4 Å². The molecule has 1 rings (SSSR count). The van der Waals surface area contributed by atoms with Gasteiger partial charge in [0.05, 0.1) is 12.5 Å². The van der Waals surface area contributed by atoms with E-state index < -0.39 is 84.6 Å². The van der Waals surface area contributed by atoms with Gasteiger partial charge in [-0.15, -0.1) is 0 Å². The van der Waals surface area contributed by atoms with Gasteiger partial charge in [0.2, 0.25) is 29.5 Å². The minimum Gasteiger partial charge on any atom is -0.481 e. The number of hydrogen-bond donors (Lipinski definition) is 12. The fraction of sp³-hybridized carbons (Fsp3) is 0.500. The monoisotopic (exact) mass is 720 g/mol. The van der Waals surface area contributed by atoms with Crippen LogP contribution in [0.2, 0.25) is 0 Å². The van der Waals surface area contributed by atoms with Crippen LogP contribution >= 0.6 is 0 Å². The van der Waals surface area contributed by atoms with Crippen molar-refractivity contribution in [1.29, 1.82) is 0 Å². The van der Waals surface area contributed by atoms with Crippen molar-refractivity contribution in [2.24, 2.45) is 38.7 Å². The van der Waals surface area contributed by atoms with Gasteiger partial charge in [-0.1, -0.05) is 30.3 Å². The maximum Gasteiger partial charge on any atom is 0.322 e. The van der Waals surface area contributed by atoms with Crippen molar-refractivity contribution in [3.8, 4) is 0 Å². The molecule has 0 unspecified atom stereocenters. The summed E-state index contributed by atoms with van der Waals surface area (Å²) in [6, 6.07) is 2.03. The van der Waals surface area contributed by atoms with E-state index in [1.54, 1.807) is 30.3 Å². The minimum absolute atomic E-state index is 0.0441. The molecule has 0 aliphatic rings. The Balaban J connectivity index is 3.17. The number of carboxylic acid groups (broad SMARTS) is 2. The van der Waals surface area contributed by atoms with E-state index in [2.05, 4.69) is 31.3 Å². The Bertz CT molecular complexity index is 1420. The number of carbonyl (C=O) groups excluding carboxylic acids is 5. The largest absolute Gasteiger partial charge is 0.481 e. The number of aliphatic imine (C=N–C) groups is 2. The molecule has 1 aromatic carbocycles. The van der Waals surface area contributed by atoms with Gasteiger partial charge in [-0.05, 0) is 38.2 Å². The number of carbonyl (C=O) groups is 7. The van der Waals surface area contributed by atoms with Crippen LogP contribution in [0, 0.1) is 0 Å². The number of hydrogen-bond acceptors (Lipinski definition) is 10. The zero-order valence-corrected chi connectivity index (χ0v) is 28.2. The topological polar surface area (TPSA) is 375 Å². The van der Waals surface area contributed by atoms with E-state index >= 15 is 0 Å². The van der Waals surface area contributed by atoms with Gasteiger partial charge in [0, 0.05) is 19.5 Å². The second-order valence-electron chi connectivity index (χ2n) is 11.3. The highest BCUT2D eigenvalue weighted by atomic mass is 16.4. The predicted molar refractivity (Wildman–Crippen MR) is 184 cm³/mol. The number of nitrogens with zero attached hydrogens (tertiary/aromatic N) is 2. The maximum absolute atomic E-state index is 13.6. The van der Waals surface area contributed by atoms with E-state index in [1.165, 1.54) is 6.92 Å². The number of carboxylic acids is 2. The quantitative estimate of drug-likeness (QED) is 0.0287. The van der Waals surface area contributed by atoms with Gasteiger partial charge in [0.1, 0.15) is 30.7 Å². The molecule has 0 aromatic heterocycles. The Morgan fingerprint density at radius 3 is 1.75 bits per heavy atom. The molecule has 0 radical (unpaired) electrons. The number of amides is 5. The smallest absolute Gasteiger partial charge is 0.322 e. The third-order valence-corrected chi connectivity index (χ3v) is 6.98. The van der Waals surface area contributed by atoms with Gasteiger partial charge in [-0.3, -0.25) is 43.5 Å². The van der Waals surface area contributed by atoms with Crippen LogP contribution in [0.1, 0.15) is 44.6 Å². The van der Waals surface area contributed by atoms with Crippen LogP contribution in [0.25, 0.3) is 0 Å². The Morgan fingerprint density at radius 1 is 0.667 bits per heavy atom. The Labute approximate surface area is 293 Å². The maximum atomic E-state index is 13.6. The first kappa shape index (κ1) is 43.0. The van der Waals surface area contributed by atoms with Crippen LogP contribution in [0.4, 0.5) is 0 Å². The van der Waals surface area contributed by atoms with E-state index in [0.717, 1.165) is 0 Å². The third kappa shape index (κ3) is 18.4. The van der Waals surface area contributed by atoms with Gasteiger partial charge in [-0.2, -0.15) is 0 Å². The molecule has 0 heterocycles. The zero-order valence-electron chi connectivity index (χ0n) is 28.2. The number of aliphatic carboxylic acids is 2. The van der Waals surface area contributed by atoms with Gasteiger partial charge >= 0.3 is 11.9 Å². The molecule has 21 nitrogen and oxygen atoms in total. The van der Waals surface area contributed by atoms with E-state index in [0.29, 0.717) is 12.0 Å². The molecule has 0 aliphatic heterocycles. The van der Waals surface area contributed by atoms with E-state index in [1.807, 2.05) is 5.32 Å². The van der Waals surface area contributed by atoms with Crippen LogP contribution in [0.5, 0.6) is 0 Å². The number of guanidine groups is 2. The molecule has 5 amide bonds. The van der Waals surface area contributed by atoms with Gasteiger partial charge in [0.15, 0.2) is 11.9 Å². The Morgan fingerprint density at radius 2 is 1.20 bits per heavy atom. The lowest BCUT2D eigenvalue weighted by Gasteiger charge is -2.26. The summed E-state index contributed by atoms with van der Waals surface area (Å²) >= 11 is 0. The molecule has 0 fully saturated rings. The number of nitrogens with one attached hydrogen (secondary N) is 5. The van der Waals surface area contributed by atoms with Crippen molar-refractivity contribution in [2.75, 3.05) is 19.6 Å². The van der Waals surface area contributed by atoms with Crippen molar-refractivity contribution < 1.29 is 43.8 Å². The van der Waals surface area contributed by atoms with E-state index in [4.69, 9.17) is 33.8 Å². The van der Waals surface area contributed by atoms with Crippen LogP contribution < -0.4 is 55.3 Å². The highest BCUT2D eigenvalue weighted by Crippen LogP contribution is 2.07. The number of benzene rings is 1. The average Bonchev–Trinajstić information content (AvgIpc) is 3.05.